The number of fused-ring (bicyclic) bond motifs is 1. The number of hydrogen-bond donors (Lipinski definition) is 1. The molecular formula is C13H16ClNOS. The van der Waals surface area contributed by atoms with Crippen LogP contribution in [0.5, 0.6) is 0 Å². The zero-order valence-corrected chi connectivity index (χ0v) is 11.4. The molecule has 2 nitrogen and oxygen atoms in total. The molecule has 0 aliphatic carbocycles. The van der Waals surface area contributed by atoms with Crippen LogP contribution in [0.1, 0.15) is 11.8 Å². The van der Waals surface area contributed by atoms with Crippen LogP contribution in [0.25, 0.3) is 10.1 Å². The summed E-state index contributed by atoms with van der Waals surface area (Å²) >= 11 is 7.77. The summed E-state index contributed by atoms with van der Waals surface area (Å²) in [5, 5.41) is 11.0. The molecule has 2 aromatic rings. The Balaban J connectivity index is 2.18. The van der Waals surface area contributed by atoms with Gasteiger partial charge in [0, 0.05) is 27.7 Å². The van der Waals surface area contributed by atoms with Crippen molar-refractivity contribution in [1.29, 1.82) is 0 Å². The van der Waals surface area contributed by atoms with Crippen LogP contribution in [-0.4, -0.2) is 29.7 Å². The van der Waals surface area contributed by atoms with Crippen molar-refractivity contribution >= 4 is 33.0 Å². The van der Waals surface area contributed by atoms with Crippen LogP contribution < -0.4 is 0 Å². The summed E-state index contributed by atoms with van der Waals surface area (Å²) in [4.78, 5) is 3.55. The topological polar surface area (TPSA) is 23.5 Å². The summed E-state index contributed by atoms with van der Waals surface area (Å²) in [6.07, 6.45) is 0. The predicted molar refractivity (Wildman–Crippen MR) is 74.9 cm³/mol. The van der Waals surface area contributed by atoms with Gasteiger partial charge in [0.2, 0.25) is 0 Å². The normalized spacial score (nSPS) is 11.5. The molecule has 1 aromatic carbocycles. The maximum atomic E-state index is 8.97. The minimum atomic E-state index is 0.213. The highest BCUT2D eigenvalue weighted by molar-refractivity contribution is 7.19. The first-order valence-electron chi connectivity index (χ1n) is 5.74. The first kappa shape index (κ1) is 12.8. The van der Waals surface area contributed by atoms with Gasteiger partial charge in [0.25, 0.3) is 0 Å². The molecule has 1 N–H and O–H groups in total. The maximum absolute atomic E-state index is 8.97. The van der Waals surface area contributed by atoms with E-state index >= 15 is 0 Å². The average molecular weight is 270 g/mol. The molecule has 0 amide bonds. The Labute approximate surface area is 110 Å². The van der Waals surface area contributed by atoms with Crippen molar-refractivity contribution in [2.45, 2.75) is 13.5 Å². The molecule has 4 heteroatoms. The van der Waals surface area contributed by atoms with E-state index in [0.717, 1.165) is 24.7 Å². The molecule has 1 aromatic heterocycles. The lowest BCUT2D eigenvalue weighted by molar-refractivity contribution is 0.198. The number of benzene rings is 1. The van der Waals surface area contributed by atoms with Crippen molar-refractivity contribution in [1.82, 2.24) is 4.90 Å². The third kappa shape index (κ3) is 3.19. The molecule has 2 rings (SSSR count). The Kier molecular flexibility index (Phi) is 4.40. The maximum Gasteiger partial charge on any atom is 0.0558 e. The highest BCUT2D eigenvalue weighted by Gasteiger charge is 2.07. The van der Waals surface area contributed by atoms with E-state index in [4.69, 9.17) is 16.7 Å². The highest BCUT2D eigenvalue weighted by Crippen LogP contribution is 2.28. The van der Waals surface area contributed by atoms with Gasteiger partial charge in [-0.25, -0.2) is 0 Å². The molecule has 0 aliphatic heterocycles. The minimum absolute atomic E-state index is 0.213. The molecule has 0 aliphatic rings. The van der Waals surface area contributed by atoms with Gasteiger partial charge < -0.3 is 5.11 Å². The fourth-order valence-corrected chi connectivity index (χ4v) is 3.13. The van der Waals surface area contributed by atoms with E-state index in [1.165, 1.54) is 15.0 Å². The number of likely N-dealkylation sites (N-methyl/N-ethyl adjacent to an activating group) is 1. The minimum Gasteiger partial charge on any atom is -0.395 e. The molecule has 0 saturated heterocycles. The standard InChI is InChI=1S/C13H16ClNOS/c1-2-15(5-6-16)9-12-8-10-7-11(14)3-4-13(10)17-12/h3-4,7-8,16H,2,5-6,9H2,1H3. The first-order chi connectivity index (χ1) is 8.22. The first-order valence-corrected chi connectivity index (χ1v) is 6.93. The van der Waals surface area contributed by atoms with Crippen molar-refractivity contribution < 1.29 is 5.11 Å². The van der Waals surface area contributed by atoms with Gasteiger partial charge in [-0.05, 0) is 36.2 Å². The van der Waals surface area contributed by atoms with E-state index in [0.29, 0.717) is 0 Å². The highest BCUT2D eigenvalue weighted by atomic mass is 35.5. The van der Waals surface area contributed by atoms with Gasteiger partial charge in [-0.2, -0.15) is 0 Å². The lowest BCUT2D eigenvalue weighted by atomic mass is 10.2. The average Bonchev–Trinajstić information content (AvgIpc) is 2.69. The second kappa shape index (κ2) is 5.83. The van der Waals surface area contributed by atoms with E-state index in [-0.39, 0.29) is 6.61 Å². The van der Waals surface area contributed by atoms with Crippen LogP contribution in [-0.2, 0) is 6.54 Å². The van der Waals surface area contributed by atoms with Crippen molar-refractivity contribution in [2.75, 3.05) is 19.7 Å². The number of halogens is 1. The van der Waals surface area contributed by atoms with Crippen molar-refractivity contribution in [2.24, 2.45) is 0 Å². The second-order valence-corrected chi connectivity index (χ2v) is 5.59. The molecule has 0 radical (unpaired) electrons. The molecule has 0 spiro atoms. The van der Waals surface area contributed by atoms with Gasteiger partial charge in [0.15, 0.2) is 0 Å². The number of nitrogens with zero attached hydrogens (tertiary/aromatic N) is 1. The van der Waals surface area contributed by atoms with Crippen molar-refractivity contribution in [3.05, 3.63) is 34.2 Å². The van der Waals surface area contributed by atoms with Crippen molar-refractivity contribution in [3.8, 4) is 0 Å². The summed E-state index contributed by atoms with van der Waals surface area (Å²) < 4.78 is 1.27. The molecule has 1 heterocycles. The fourth-order valence-electron chi connectivity index (χ4n) is 1.86. The Morgan fingerprint density at radius 3 is 2.88 bits per heavy atom. The van der Waals surface area contributed by atoms with Crippen molar-refractivity contribution in [3.63, 3.8) is 0 Å². The summed E-state index contributed by atoms with van der Waals surface area (Å²) in [6, 6.07) is 8.18. The molecule has 92 valence electrons. The van der Waals surface area contributed by atoms with E-state index in [2.05, 4.69) is 24.0 Å². The van der Waals surface area contributed by atoms with Crippen LogP contribution in [0.15, 0.2) is 24.3 Å². The Morgan fingerprint density at radius 2 is 2.18 bits per heavy atom. The van der Waals surface area contributed by atoms with Gasteiger partial charge in [-0.3, -0.25) is 4.90 Å². The number of rotatable bonds is 5. The van der Waals surface area contributed by atoms with Gasteiger partial charge in [0.1, 0.15) is 0 Å². The van der Waals surface area contributed by atoms with Crippen LogP contribution in [0.3, 0.4) is 0 Å². The van der Waals surface area contributed by atoms with Crippen LogP contribution in [0, 0.1) is 0 Å². The SMILES string of the molecule is CCN(CCO)Cc1cc2cc(Cl)ccc2s1. The van der Waals surface area contributed by atoms with E-state index in [9.17, 15) is 0 Å². The number of hydrogen-bond acceptors (Lipinski definition) is 3. The van der Waals surface area contributed by atoms with E-state index in [1.54, 1.807) is 11.3 Å². The molecule has 0 atom stereocenters. The van der Waals surface area contributed by atoms with E-state index < -0.39 is 0 Å². The molecule has 0 unspecified atom stereocenters. The van der Waals surface area contributed by atoms with Gasteiger partial charge in [-0.1, -0.05) is 18.5 Å². The molecular weight excluding hydrogens is 254 g/mol. The monoisotopic (exact) mass is 269 g/mol. The second-order valence-electron chi connectivity index (χ2n) is 3.99. The van der Waals surface area contributed by atoms with Crippen LogP contribution >= 0.6 is 22.9 Å². The van der Waals surface area contributed by atoms with Gasteiger partial charge in [-0.15, -0.1) is 11.3 Å². The summed E-state index contributed by atoms with van der Waals surface area (Å²) in [6.45, 7) is 4.90. The summed E-state index contributed by atoms with van der Waals surface area (Å²) in [5.41, 5.74) is 0. The largest absolute Gasteiger partial charge is 0.395 e. The Morgan fingerprint density at radius 1 is 1.35 bits per heavy atom. The van der Waals surface area contributed by atoms with E-state index in [1.807, 2.05) is 12.1 Å². The Bertz CT molecular complexity index is 497. The molecule has 17 heavy (non-hydrogen) atoms. The molecule has 0 fully saturated rings. The summed E-state index contributed by atoms with van der Waals surface area (Å²) in [7, 11) is 0. The number of thiophene rings is 1. The van der Waals surface area contributed by atoms with Crippen LogP contribution in [0.2, 0.25) is 5.02 Å². The lowest BCUT2D eigenvalue weighted by Gasteiger charge is -2.17. The molecule has 0 bridgehead atoms. The smallest absolute Gasteiger partial charge is 0.0558 e. The molecule has 0 saturated carbocycles. The quantitative estimate of drug-likeness (QED) is 0.900. The zero-order valence-electron chi connectivity index (χ0n) is 9.82. The number of aliphatic hydroxyl groups excluding tert-OH is 1. The predicted octanol–water partition coefficient (Wildman–Crippen LogP) is 3.37. The summed E-state index contributed by atoms with van der Waals surface area (Å²) in [5.74, 6) is 0. The van der Waals surface area contributed by atoms with Crippen LogP contribution in [0.4, 0.5) is 0 Å². The van der Waals surface area contributed by atoms with Gasteiger partial charge in [0.05, 0.1) is 6.61 Å². The number of aliphatic hydroxyl groups is 1. The van der Waals surface area contributed by atoms with Gasteiger partial charge >= 0.3 is 0 Å². The Hall–Kier alpha value is -0.610. The lowest BCUT2D eigenvalue weighted by Crippen LogP contribution is -2.25. The fraction of sp³-hybridized carbons (Fsp3) is 0.385. The third-order valence-electron chi connectivity index (χ3n) is 2.77. The zero-order chi connectivity index (χ0) is 12.3. The third-order valence-corrected chi connectivity index (χ3v) is 4.11.